The second-order valence-electron chi connectivity index (χ2n) is 8.88. The largest absolute Gasteiger partial charge is 0.361 e. The summed E-state index contributed by atoms with van der Waals surface area (Å²) in [5.74, 6) is 0.465. The Morgan fingerprint density at radius 2 is 2.00 bits per heavy atom. The molecule has 2 N–H and O–H groups in total. The molecule has 146 valence electrons. The first-order valence-electron chi connectivity index (χ1n) is 10.2. The van der Waals surface area contributed by atoms with Gasteiger partial charge in [-0.05, 0) is 64.8 Å². The molecule has 1 fully saturated rings. The fourth-order valence-corrected chi connectivity index (χ4v) is 5.36. The van der Waals surface area contributed by atoms with Gasteiger partial charge in [0.25, 0.3) is 0 Å². The number of fused-ring (bicyclic) bond motifs is 2. The number of likely N-dealkylation sites (N-methyl/N-ethyl adjacent to an activating group) is 1. The Morgan fingerprint density at radius 1 is 1.26 bits per heavy atom. The number of amides is 2. The van der Waals surface area contributed by atoms with Gasteiger partial charge < -0.3 is 20.1 Å². The summed E-state index contributed by atoms with van der Waals surface area (Å²) in [4.78, 5) is 20.7. The van der Waals surface area contributed by atoms with Crippen LogP contribution in [0.4, 0.5) is 4.79 Å². The van der Waals surface area contributed by atoms with Crippen LogP contribution in [0.3, 0.4) is 0 Å². The molecule has 27 heavy (non-hydrogen) atoms. The van der Waals surface area contributed by atoms with E-state index >= 15 is 0 Å². The van der Waals surface area contributed by atoms with Gasteiger partial charge in [0.15, 0.2) is 0 Å². The van der Waals surface area contributed by atoms with Gasteiger partial charge in [0.2, 0.25) is 0 Å². The SMILES string of the molecule is CC(C)N(C(=O)N[C@H]1C[C@@H]2c3cccc4[nH]cc(c34)C[C@H]2N(C)C1)C(C)C. The Balaban J connectivity index is 1.58. The Kier molecular flexibility index (Phi) is 4.66. The molecule has 0 bridgehead atoms. The van der Waals surface area contributed by atoms with Crippen LogP contribution in [-0.4, -0.2) is 58.6 Å². The summed E-state index contributed by atoms with van der Waals surface area (Å²) in [6.07, 6.45) is 4.27. The number of aromatic amines is 1. The topological polar surface area (TPSA) is 51.4 Å². The van der Waals surface area contributed by atoms with Crippen LogP contribution < -0.4 is 5.32 Å². The molecule has 2 aliphatic rings. The van der Waals surface area contributed by atoms with Gasteiger partial charge in [-0.2, -0.15) is 0 Å². The van der Waals surface area contributed by atoms with Crippen LogP contribution in [0.5, 0.6) is 0 Å². The zero-order valence-corrected chi connectivity index (χ0v) is 17.1. The van der Waals surface area contributed by atoms with E-state index in [1.54, 1.807) is 0 Å². The number of rotatable bonds is 3. The number of nitrogens with zero attached hydrogens (tertiary/aromatic N) is 2. The van der Waals surface area contributed by atoms with Crippen LogP contribution in [0.25, 0.3) is 10.9 Å². The number of likely N-dealkylation sites (tertiary alicyclic amines) is 1. The molecular formula is C22H32N4O. The number of urea groups is 1. The summed E-state index contributed by atoms with van der Waals surface area (Å²) in [6.45, 7) is 9.23. The number of carbonyl (C=O) groups is 1. The highest BCUT2D eigenvalue weighted by atomic mass is 16.2. The van der Waals surface area contributed by atoms with Crippen LogP contribution in [0.15, 0.2) is 24.4 Å². The first kappa shape index (κ1) is 18.4. The second-order valence-corrected chi connectivity index (χ2v) is 8.88. The maximum absolute atomic E-state index is 12.9. The Hall–Kier alpha value is -2.01. The van der Waals surface area contributed by atoms with E-state index in [-0.39, 0.29) is 24.2 Å². The number of benzene rings is 1. The normalized spacial score (nSPS) is 25.1. The minimum Gasteiger partial charge on any atom is -0.361 e. The van der Waals surface area contributed by atoms with Gasteiger partial charge in [0, 0.05) is 53.7 Å². The number of nitrogens with one attached hydrogen (secondary N) is 2. The molecule has 0 saturated carbocycles. The lowest BCUT2D eigenvalue weighted by Gasteiger charge is -2.46. The molecule has 4 rings (SSSR count). The van der Waals surface area contributed by atoms with Gasteiger partial charge in [-0.15, -0.1) is 0 Å². The van der Waals surface area contributed by atoms with Crippen molar-refractivity contribution in [3.05, 3.63) is 35.5 Å². The summed E-state index contributed by atoms with van der Waals surface area (Å²) in [6, 6.07) is 7.75. The van der Waals surface area contributed by atoms with Crippen molar-refractivity contribution >= 4 is 16.9 Å². The van der Waals surface area contributed by atoms with Crippen LogP contribution >= 0.6 is 0 Å². The number of hydrogen-bond acceptors (Lipinski definition) is 2. The molecule has 1 aromatic heterocycles. The van der Waals surface area contributed by atoms with E-state index in [1.807, 2.05) is 4.90 Å². The fraction of sp³-hybridized carbons (Fsp3) is 0.591. The van der Waals surface area contributed by atoms with Gasteiger partial charge in [0.05, 0.1) is 0 Å². The molecule has 1 aliphatic heterocycles. The van der Waals surface area contributed by atoms with Crippen LogP contribution in [-0.2, 0) is 6.42 Å². The average molecular weight is 369 g/mol. The highest BCUT2D eigenvalue weighted by Gasteiger charge is 2.40. The Labute approximate surface area is 162 Å². The standard InChI is InChI=1S/C22H32N4O/c1-13(2)26(14(3)4)22(27)24-16-10-18-17-7-6-8-19-21(17)15(11-23-19)9-20(18)25(5)12-16/h6-8,11,13-14,16,18,20,23H,9-10,12H2,1-5H3,(H,24,27)/t16-,18+,20+/m0/s1. The van der Waals surface area contributed by atoms with Crippen molar-refractivity contribution in [1.29, 1.82) is 0 Å². The molecular weight excluding hydrogens is 336 g/mol. The van der Waals surface area contributed by atoms with E-state index in [2.05, 4.69) is 74.3 Å². The summed E-state index contributed by atoms with van der Waals surface area (Å²) in [5.41, 5.74) is 4.11. The van der Waals surface area contributed by atoms with E-state index in [4.69, 9.17) is 0 Å². The van der Waals surface area contributed by atoms with Crippen molar-refractivity contribution in [2.75, 3.05) is 13.6 Å². The van der Waals surface area contributed by atoms with Crippen molar-refractivity contribution in [3.8, 4) is 0 Å². The molecule has 0 radical (unpaired) electrons. The van der Waals surface area contributed by atoms with Crippen molar-refractivity contribution < 1.29 is 4.79 Å². The summed E-state index contributed by atoms with van der Waals surface area (Å²) < 4.78 is 0. The third kappa shape index (κ3) is 3.12. The average Bonchev–Trinajstić information content (AvgIpc) is 3.00. The molecule has 5 heteroatoms. The van der Waals surface area contributed by atoms with E-state index in [1.165, 1.54) is 22.0 Å². The van der Waals surface area contributed by atoms with Crippen molar-refractivity contribution in [1.82, 2.24) is 20.1 Å². The fourth-order valence-electron chi connectivity index (χ4n) is 5.36. The minimum absolute atomic E-state index is 0.0631. The highest BCUT2D eigenvalue weighted by Crippen LogP contribution is 2.42. The highest BCUT2D eigenvalue weighted by molar-refractivity contribution is 5.88. The first-order chi connectivity index (χ1) is 12.9. The van der Waals surface area contributed by atoms with Gasteiger partial charge in [0.1, 0.15) is 0 Å². The molecule has 1 aliphatic carbocycles. The van der Waals surface area contributed by atoms with Crippen molar-refractivity contribution in [2.45, 2.75) is 70.6 Å². The van der Waals surface area contributed by atoms with Gasteiger partial charge in [-0.25, -0.2) is 4.79 Å². The third-order valence-corrected chi connectivity index (χ3v) is 6.40. The van der Waals surface area contributed by atoms with Crippen molar-refractivity contribution in [3.63, 3.8) is 0 Å². The zero-order valence-electron chi connectivity index (χ0n) is 17.1. The van der Waals surface area contributed by atoms with Gasteiger partial charge in [-0.1, -0.05) is 12.1 Å². The zero-order chi connectivity index (χ0) is 19.3. The molecule has 0 unspecified atom stereocenters. The lowest BCUT2D eigenvalue weighted by atomic mass is 9.74. The number of aromatic nitrogens is 1. The molecule has 2 heterocycles. The smallest absolute Gasteiger partial charge is 0.318 e. The number of piperidine rings is 1. The molecule has 1 aromatic carbocycles. The molecule has 0 spiro atoms. The van der Waals surface area contributed by atoms with E-state index in [0.717, 1.165) is 19.4 Å². The maximum atomic E-state index is 12.9. The molecule has 1 saturated heterocycles. The monoisotopic (exact) mass is 368 g/mol. The van der Waals surface area contributed by atoms with Crippen LogP contribution in [0.1, 0.15) is 51.2 Å². The first-order valence-corrected chi connectivity index (χ1v) is 10.2. The van der Waals surface area contributed by atoms with Gasteiger partial charge in [-0.3, -0.25) is 0 Å². The summed E-state index contributed by atoms with van der Waals surface area (Å²) in [5, 5.41) is 4.74. The molecule has 2 aromatic rings. The number of carbonyl (C=O) groups excluding carboxylic acids is 1. The van der Waals surface area contributed by atoms with Crippen molar-refractivity contribution in [2.24, 2.45) is 0 Å². The van der Waals surface area contributed by atoms with E-state index < -0.39 is 0 Å². The van der Waals surface area contributed by atoms with Crippen LogP contribution in [0, 0.1) is 0 Å². The Bertz CT molecular complexity index is 832. The lowest BCUT2D eigenvalue weighted by molar-refractivity contribution is 0.116. The third-order valence-electron chi connectivity index (χ3n) is 6.40. The molecule has 3 atom stereocenters. The number of H-pyrrole nitrogens is 1. The Morgan fingerprint density at radius 3 is 2.70 bits per heavy atom. The van der Waals surface area contributed by atoms with E-state index in [0.29, 0.717) is 12.0 Å². The number of hydrogen-bond donors (Lipinski definition) is 2. The summed E-state index contributed by atoms with van der Waals surface area (Å²) in [7, 11) is 2.20. The quantitative estimate of drug-likeness (QED) is 0.868. The minimum atomic E-state index is 0.0631. The predicted molar refractivity (Wildman–Crippen MR) is 110 cm³/mol. The van der Waals surface area contributed by atoms with E-state index in [9.17, 15) is 4.79 Å². The molecule has 2 amide bonds. The summed E-state index contributed by atoms with van der Waals surface area (Å²) >= 11 is 0. The van der Waals surface area contributed by atoms with Crippen LogP contribution in [0.2, 0.25) is 0 Å². The lowest BCUT2D eigenvalue weighted by Crippen LogP contribution is -2.58. The van der Waals surface area contributed by atoms with Gasteiger partial charge >= 0.3 is 6.03 Å². The predicted octanol–water partition coefficient (Wildman–Crippen LogP) is 3.71. The second kappa shape index (κ2) is 6.86. The maximum Gasteiger partial charge on any atom is 0.318 e. The molecule has 5 nitrogen and oxygen atoms in total.